The molecule has 0 amide bonds. The highest BCUT2D eigenvalue weighted by atomic mass is 35.5. The summed E-state index contributed by atoms with van der Waals surface area (Å²) in [6.45, 7) is 0. The summed E-state index contributed by atoms with van der Waals surface area (Å²) in [4.78, 5) is 12.8. The van der Waals surface area contributed by atoms with E-state index in [-0.39, 0.29) is 5.78 Å². The lowest BCUT2D eigenvalue weighted by atomic mass is 10.1. The number of ketones is 1. The quantitative estimate of drug-likeness (QED) is 0.731. The third-order valence-electron chi connectivity index (χ3n) is 2.52. The molecule has 1 nitrogen and oxygen atoms in total. The van der Waals surface area contributed by atoms with Gasteiger partial charge in [0.25, 0.3) is 0 Å². The fraction of sp³-hybridized carbons (Fsp3) is 0.133. The standard InChI is InChI=1S/C15H12Cl2OS/c16-12-5-3-4-11(8-12)9-13(18)10-19-15-7-2-1-6-14(15)17/h1-8H,9-10H2. The lowest BCUT2D eigenvalue weighted by Gasteiger charge is -2.04. The molecule has 0 aliphatic carbocycles. The van der Waals surface area contributed by atoms with Crippen LogP contribution in [0.5, 0.6) is 0 Å². The first kappa shape index (κ1) is 14.4. The first-order chi connectivity index (χ1) is 9.15. The van der Waals surface area contributed by atoms with E-state index in [0.717, 1.165) is 10.5 Å². The van der Waals surface area contributed by atoms with Gasteiger partial charge in [-0.3, -0.25) is 4.79 Å². The number of Topliss-reactive ketones (excluding diaryl/α,β-unsaturated/α-hetero) is 1. The van der Waals surface area contributed by atoms with Gasteiger partial charge in [-0.1, -0.05) is 47.5 Å². The van der Waals surface area contributed by atoms with Crippen LogP contribution >= 0.6 is 35.0 Å². The van der Waals surface area contributed by atoms with Crippen LogP contribution in [0.25, 0.3) is 0 Å². The maximum Gasteiger partial charge on any atom is 0.147 e. The third kappa shape index (κ3) is 4.57. The van der Waals surface area contributed by atoms with E-state index in [1.54, 1.807) is 6.07 Å². The minimum Gasteiger partial charge on any atom is -0.298 e. The van der Waals surface area contributed by atoms with Crippen LogP contribution in [0.1, 0.15) is 5.56 Å². The lowest BCUT2D eigenvalue weighted by molar-refractivity contribution is -0.116. The third-order valence-corrected chi connectivity index (χ3v) is 4.33. The molecule has 2 aromatic carbocycles. The van der Waals surface area contributed by atoms with Crippen LogP contribution in [0.4, 0.5) is 0 Å². The van der Waals surface area contributed by atoms with Gasteiger partial charge in [0.1, 0.15) is 5.78 Å². The van der Waals surface area contributed by atoms with Gasteiger partial charge in [-0.2, -0.15) is 0 Å². The fourth-order valence-corrected chi connectivity index (χ4v) is 2.96. The minimum atomic E-state index is 0.159. The molecule has 0 saturated carbocycles. The van der Waals surface area contributed by atoms with E-state index in [1.807, 2.05) is 42.5 Å². The van der Waals surface area contributed by atoms with E-state index >= 15 is 0 Å². The lowest BCUT2D eigenvalue weighted by Crippen LogP contribution is -2.05. The summed E-state index contributed by atoms with van der Waals surface area (Å²) < 4.78 is 0. The Morgan fingerprint density at radius 3 is 2.58 bits per heavy atom. The van der Waals surface area contributed by atoms with E-state index in [9.17, 15) is 4.79 Å². The Hall–Kier alpha value is -0.960. The fourth-order valence-electron chi connectivity index (χ4n) is 1.65. The second-order valence-electron chi connectivity index (χ2n) is 4.06. The second-order valence-corrected chi connectivity index (χ2v) is 5.93. The molecule has 0 N–H and O–H groups in total. The summed E-state index contributed by atoms with van der Waals surface area (Å²) >= 11 is 13.4. The smallest absolute Gasteiger partial charge is 0.147 e. The predicted molar refractivity (Wildman–Crippen MR) is 82.3 cm³/mol. The van der Waals surface area contributed by atoms with Gasteiger partial charge in [0.2, 0.25) is 0 Å². The molecular formula is C15H12Cl2OS. The average Bonchev–Trinajstić information content (AvgIpc) is 2.38. The zero-order chi connectivity index (χ0) is 13.7. The van der Waals surface area contributed by atoms with E-state index in [4.69, 9.17) is 23.2 Å². The van der Waals surface area contributed by atoms with Crippen molar-refractivity contribution in [2.24, 2.45) is 0 Å². The van der Waals surface area contributed by atoms with Gasteiger partial charge in [-0.15, -0.1) is 11.8 Å². The first-order valence-corrected chi connectivity index (χ1v) is 7.53. The van der Waals surface area contributed by atoms with Crippen LogP contribution in [0, 0.1) is 0 Å². The molecule has 19 heavy (non-hydrogen) atoms. The molecule has 0 spiro atoms. The van der Waals surface area contributed by atoms with E-state index in [2.05, 4.69) is 0 Å². The molecule has 0 fully saturated rings. The molecule has 0 atom stereocenters. The number of benzene rings is 2. The SMILES string of the molecule is O=C(CSc1ccccc1Cl)Cc1cccc(Cl)c1. The molecule has 98 valence electrons. The molecule has 0 heterocycles. The molecule has 2 aromatic rings. The van der Waals surface area contributed by atoms with Crippen molar-refractivity contribution in [3.8, 4) is 0 Å². The Morgan fingerprint density at radius 1 is 1.05 bits per heavy atom. The van der Waals surface area contributed by atoms with E-state index in [1.165, 1.54) is 11.8 Å². The summed E-state index contributed by atoms with van der Waals surface area (Å²) in [5.74, 6) is 0.572. The van der Waals surface area contributed by atoms with Crippen LogP contribution in [-0.4, -0.2) is 11.5 Å². The Balaban J connectivity index is 1.90. The zero-order valence-corrected chi connectivity index (χ0v) is 12.4. The number of carbonyl (C=O) groups excluding carboxylic acids is 1. The van der Waals surface area contributed by atoms with Crippen LogP contribution in [0.2, 0.25) is 10.0 Å². The van der Waals surface area contributed by atoms with Crippen LogP contribution in [0.15, 0.2) is 53.4 Å². The molecular weight excluding hydrogens is 299 g/mol. The van der Waals surface area contributed by atoms with Gasteiger partial charge in [-0.05, 0) is 29.8 Å². The number of thioether (sulfide) groups is 1. The van der Waals surface area contributed by atoms with Crippen LogP contribution in [0.3, 0.4) is 0 Å². The van der Waals surface area contributed by atoms with Gasteiger partial charge in [0.15, 0.2) is 0 Å². The van der Waals surface area contributed by atoms with Crippen molar-refractivity contribution in [2.45, 2.75) is 11.3 Å². The molecule has 0 saturated heterocycles. The van der Waals surface area contributed by atoms with Crippen molar-refractivity contribution < 1.29 is 4.79 Å². The summed E-state index contributed by atoms with van der Waals surface area (Å²) in [5, 5.41) is 1.34. The highest BCUT2D eigenvalue weighted by Crippen LogP contribution is 2.26. The number of carbonyl (C=O) groups is 1. The van der Waals surface area contributed by atoms with E-state index in [0.29, 0.717) is 22.2 Å². The van der Waals surface area contributed by atoms with Crippen molar-refractivity contribution in [3.05, 3.63) is 64.1 Å². The normalized spacial score (nSPS) is 10.4. The number of hydrogen-bond donors (Lipinski definition) is 0. The van der Waals surface area contributed by atoms with Crippen molar-refractivity contribution in [3.63, 3.8) is 0 Å². The Labute approximate surface area is 126 Å². The maximum atomic E-state index is 11.9. The monoisotopic (exact) mass is 310 g/mol. The van der Waals surface area contributed by atoms with Crippen molar-refractivity contribution in [1.29, 1.82) is 0 Å². The van der Waals surface area contributed by atoms with Crippen LogP contribution < -0.4 is 0 Å². The second kappa shape index (κ2) is 6.99. The Bertz CT molecular complexity index is 584. The van der Waals surface area contributed by atoms with Gasteiger partial charge < -0.3 is 0 Å². The molecule has 0 aromatic heterocycles. The minimum absolute atomic E-state index is 0.159. The number of hydrogen-bond acceptors (Lipinski definition) is 2. The molecule has 0 radical (unpaired) electrons. The average molecular weight is 311 g/mol. The highest BCUT2D eigenvalue weighted by Gasteiger charge is 2.07. The van der Waals surface area contributed by atoms with Crippen LogP contribution in [-0.2, 0) is 11.2 Å². The highest BCUT2D eigenvalue weighted by molar-refractivity contribution is 8.00. The molecule has 0 aliphatic rings. The summed E-state index contributed by atoms with van der Waals surface area (Å²) in [6.07, 6.45) is 0.401. The Kier molecular flexibility index (Phi) is 5.32. The number of halogens is 2. The topological polar surface area (TPSA) is 17.1 Å². The zero-order valence-electron chi connectivity index (χ0n) is 10.1. The predicted octanol–water partition coefficient (Wildman–Crippen LogP) is 4.90. The summed E-state index contributed by atoms with van der Waals surface area (Å²) in [7, 11) is 0. The van der Waals surface area contributed by atoms with E-state index < -0.39 is 0 Å². The Morgan fingerprint density at radius 2 is 1.84 bits per heavy atom. The van der Waals surface area contributed by atoms with Gasteiger partial charge in [-0.25, -0.2) is 0 Å². The molecule has 0 bridgehead atoms. The van der Waals surface area contributed by atoms with Gasteiger partial charge >= 0.3 is 0 Å². The summed E-state index contributed by atoms with van der Waals surface area (Å²) in [5.41, 5.74) is 0.942. The molecule has 4 heteroatoms. The first-order valence-electron chi connectivity index (χ1n) is 5.78. The maximum absolute atomic E-state index is 11.9. The van der Waals surface area contributed by atoms with Gasteiger partial charge in [0.05, 0.1) is 10.8 Å². The molecule has 2 rings (SSSR count). The van der Waals surface area contributed by atoms with Gasteiger partial charge in [0, 0.05) is 16.3 Å². The summed E-state index contributed by atoms with van der Waals surface area (Å²) in [6, 6.07) is 14.9. The van der Waals surface area contributed by atoms with Crippen molar-refractivity contribution in [2.75, 3.05) is 5.75 Å². The molecule has 0 unspecified atom stereocenters. The largest absolute Gasteiger partial charge is 0.298 e. The van der Waals surface area contributed by atoms with Crippen molar-refractivity contribution in [1.82, 2.24) is 0 Å². The molecule has 0 aliphatic heterocycles. The van der Waals surface area contributed by atoms with Crippen molar-refractivity contribution >= 4 is 40.7 Å². The number of rotatable bonds is 5.